The van der Waals surface area contributed by atoms with E-state index in [0.29, 0.717) is 49.1 Å². The molecule has 0 aromatic heterocycles. The minimum absolute atomic E-state index is 0.149. The zero-order chi connectivity index (χ0) is 39.0. The first kappa shape index (κ1) is 44.8. The van der Waals surface area contributed by atoms with Gasteiger partial charge in [0.25, 0.3) is 0 Å². The van der Waals surface area contributed by atoms with Gasteiger partial charge in [-0.2, -0.15) is 0 Å². The Morgan fingerprint density at radius 1 is 0.529 bits per heavy atom. The summed E-state index contributed by atoms with van der Waals surface area (Å²) in [6.07, 6.45) is 3.68. The van der Waals surface area contributed by atoms with Crippen LogP contribution in [-0.4, -0.2) is 51.0 Å². The van der Waals surface area contributed by atoms with E-state index in [2.05, 4.69) is 121 Å². The molecule has 2 rings (SSSR count). The normalized spacial score (nSPS) is 13.0. The zero-order valence-electron chi connectivity index (χ0n) is 34.2. The van der Waals surface area contributed by atoms with Crippen molar-refractivity contribution in [1.29, 1.82) is 0 Å². The van der Waals surface area contributed by atoms with Crippen molar-refractivity contribution in [3.05, 3.63) is 57.6 Å². The van der Waals surface area contributed by atoms with Crippen molar-refractivity contribution in [3.63, 3.8) is 0 Å². The van der Waals surface area contributed by atoms with E-state index in [1.165, 1.54) is 0 Å². The molecule has 2 N–H and O–H groups in total. The number of hydrogen-bond donors (Lipinski definition) is 2. The number of phenols is 2. The Morgan fingerprint density at radius 2 is 0.804 bits per heavy atom. The van der Waals surface area contributed by atoms with E-state index in [1.54, 1.807) is 23.5 Å². The van der Waals surface area contributed by atoms with Crippen molar-refractivity contribution in [1.82, 2.24) is 0 Å². The van der Waals surface area contributed by atoms with E-state index in [9.17, 15) is 19.8 Å². The molecule has 0 fully saturated rings. The second-order valence-electron chi connectivity index (χ2n) is 18.3. The van der Waals surface area contributed by atoms with Gasteiger partial charge in [0.15, 0.2) is 0 Å². The van der Waals surface area contributed by atoms with Gasteiger partial charge in [-0.25, -0.2) is 0 Å². The molecule has 51 heavy (non-hydrogen) atoms. The Morgan fingerprint density at radius 3 is 1.06 bits per heavy atom. The van der Waals surface area contributed by atoms with Crippen molar-refractivity contribution >= 4 is 35.5 Å². The van der Waals surface area contributed by atoms with Gasteiger partial charge in [0, 0.05) is 11.5 Å². The smallest absolute Gasteiger partial charge is 0.306 e. The standard InChI is InChI=1S/C43H68O6S2/c1-39(2,3)31-25-29(26-32(37(31)46)40(4,5)6)17-15-21-48-35(44)19-23-50-43(13,14)51-24-20-36(45)49-22-16-18-30-27-33(41(7,8)9)38(47)34(28-30)42(10,11)12/h25-28,46-47H,15-24H2,1-14H3. The summed E-state index contributed by atoms with van der Waals surface area (Å²) in [6.45, 7) is 30.3. The van der Waals surface area contributed by atoms with Crippen LogP contribution in [0.15, 0.2) is 24.3 Å². The highest BCUT2D eigenvalue weighted by atomic mass is 32.2. The Hall–Kier alpha value is -2.32. The summed E-state index contributed by atoms with van der Waals surface area (Å²) in [5, 5.41) is 21.9. The molecule has 0 amide bonds. The summed E-state index contributed by atoms with van der Waals surface area (Å²) in [4.78, 5) is 24.9. The van der Waals surface area contributed by atoms with Crippen molar-refractivity contribution in [2.75, 3.05) is 24.7 Å². The first-order valence-corrected chi connectivity index (χ1v) is 20.5. The summed E-state index contributed by atoms with van der Waals surface area (Å²) in [7, 11) is 0. The second kappa shape index (κ2) is 18.1. The van der Waals surface area contributed by atoms with Crippen molar-refractivity contribution in [3.8, 4) is 11.5 Å². The topological polar surface area (TPSA) is 93.1 Å². The molecule has 2 aromatic rings. The average Bonchev–Trinajstić information content (AvgIpc) is 2.96. The van der Waals surface area contributed by atoms with Crippen LogP contribution in [0.25, 0.3) is 0 Å². The third kappa shape index (κ3) is 14.9. The van der Waals surface area contributed by atoms with E-state index in [1.807, 2.05) is 0 Å². The summed E-state index contributed by atoms with van der Waals surface area (Å²) >= 11 is 3.40. The van der Waals surface area contributed by atoms with Crippen LogP contribution in [-0.2, 0) is 53.6 Å². The third-order valence-electron chi connectivity index (χ3n) is 8.83. The van der Waals surface area contributed by atoms with Crippen LogP contribution in [0.5, 0.6) is 11.5 Å². The number of ether oxygens (including phenoxy) is 2. The van der Waals surface area contributed by atoms with Crippen LogP contribution in [0.3, 0.4) is 0 Å². The number of hydrogen-bond acceptors (Lipinski definition) is 8. The Labute approximate surface area is 318 Å². The molecule has 288 valence electrons. The summed E-state index contributed by atoms with van der Waals surface area (Å²) in [5.41, 5.74) is 5.38. The lowest BCUT2D eigenvalue weighted by molar-refractivity contribution is -0.144. The van der Waals surface area contributed by atoms with Gasteiger partial charge in [0.2, 0.25) is 0 Å². The largest absolute Gasteiger partial charge is 0.507 e. The van der Waals surface area contributed by atoms with Crippen LogP contribution >= 0.6 is 23.5 Å². The predicted octanol–water partition coefficient (Wildman–Crippen LogP) is 10.9. The molecule has 0 saturated heterocycles. The zero-order valence-corrected chi connectivity index (χ0v) is 35.9. The van der Waals surface area contributed by atoms with E-state index in [4.69, 9.17) is 9.47 Å². The summed E-state index contributed by atoms with van der Waals surface area (Å²) in [6, 6.07) is 8.36. The summed E-state index contributed by atoms with van der Waals surface area (Å²) < 4.78 is 11.0. The number of carbonyl (C=O) groups excluding carboxylic acids is 2. The lowest BCUT2D eigenvalue weighted by Crippen LogP contribution is -2.18. The lowest BCUT2D eigenvalue weighted by Gasteiger charge is -2.28. The van der Waals surface area contributed by atoms with Gasteiger partial charge in [0.05, 0.1) is 30.1 Å². The van der Waals surface area contributed by atoms with E-state index in [-0.39, 0.29) is 37.7 Å². The molecule has 6 nitrogen and oxygen atoms in total. The molecular formula is C43H68O6S2. The molecule has 0 spiro atoms. The highest BCUT2D eigenvalue weighted by Gasteiger charge is 2.28. The van der Waals surface area contributed by atoms with Crippen LogP contribution < -0.4 is 0 Å². The number of carbonyl (C=O) groups is 2. The average molecular weight is 745 g/mol. The maximum atomic E-state index is 12.5. The molecule has 0 saturated carbocycles. The molecule has 0 radical (unpaired) electrons. The van der Waals surface area contributed by atoms with Gasteiger partial charge in [0.1, 0.15) is 11.5 Å². The maximum Gasteiger partial charge on any atom is 0.306 e. The van der Waals surface area contributed by atoms with Crippen molar-refractivity contribution < 1.29 is 29.3 Å². The lowest BCUT2D eigenvalue weighted by atomic mass is 9.78. The van der Waals surface area contributed by atoms with Gasteiger partial charge in [-0.15, -0.1) is 23.5 Å². The first-order valence-electron chi connectivity index (χ1n) is 18.6. The highest BCUT2D eigenvalue weighted by molar-refractivity contribution is 8.18. The molecule has 0 atom stereocenters. The minimum atomic E-state index is -0.195. The van der Waals surface area contributed by atoms with Crippen LogP contribution in [0, 0.1) is 0 Å². The molecular weight excluding hydrogens is 677 g/mol. The van der Waals surface area contributed by atoms with Gasteiger partial charge >= 0.3 is 11.9 Å². The fourth-order valence-corrected chi connectivity index (χ4v) is 8.19. The van der Waals surface area contributed by atoms with Crippen LogP contribution in [0.4, 0.5) is 0 Å². The molecule has 0 heterocycles. The molecule has 0 bridgehead atoms. The molecule has 2 aromatic carbocycles. The number of thioether (sulfide) groups is 2. The van der Waals surface area contributed by atoms with E-state index >= 15 is 0 Å². The molecule has 0 aliphatic carbocycles. The number of benzene rings is 2. The monoisotopic (exact) mass is 744 g/mol. The van der Waals surface area contributed by atoms with Crippen LogP contribution in [0.1, 0.15) is 156 Å². The number of aryl methyl sites for hydroxylation is 2. The quantitative estimate of drug-likeness (QED) is 0.0997. The van der Waals surface area contributed by atoms with Gasteiger partial charge in [-0.05, 0) is 94.6 Å². The van der Waals surface area contributed by atoms with Crippen molar-refractivity contribution in [2.24, 2.45) is 0 Å². The number of aromatic hydroxyl groups is 2. The second-order valence-corrected chi connectivity index (χ2v) is 22.0. The van der Waals surface area contributed by atoms with E-state index in [0.717, 1.165) is 59.1 Å². The van der Waals surface area contributed by atoms with E-state index < -0.39 is 0 Å². The first-order chi connectivity index (χ1) is 23.2. The van der Waals surface area contributed by atoms with Crippen LogP contribution in [0.2, 0.25) is 0 Å². The third-order valence-corrected chi connectivity index (χ3v) is 11.7. The number of rotatable bonds is 16. The Bertz CT molecular complexity index is 1290. The van der Waals surface area contributed by atoms with Gasteiger partial charge in [-0.3, -0.25) is 9.59 Å². The number of esters is 2. The van der Waals surface area contributed by atoms with Gasteiger partial charge < -0.3 is 19.7 Å². The summed E-state index contributed by atoms with van der Waals surface area (Å²) in [5.74, 6) is 1.67. The molecule has 0 aliphatic rings. The SMILES string of the molecule is CC(C)(SCCC(=O)OCCCc1cc(C(C)(C)C)c(O)c(C(C)(C)C)c1)SCCC(=O)OCCCc1cc(C(C)(C)C)c(O)c(C(C)(C)C)c1. The molecule has 0 unspecified atom stereocenters. The molecule has 8 heteroatoms. The fourth-order valence-electron chi connectivity index (χ4n) is 5.83. The fraction of sp³-hybridized carbons (Fsp3) is 0.674. The number of phenolic OH excluding ortho intramolecular Hbond substituents is 2. The highest BCUT2D eigenvalue weighted by Crippen LogP contribution is 2.41. The molecule has 0 aliphatic heterocycles. The maximum absolute atomic E-state index is 12.5. The minimum Gasteiger partial charge on any atom is -0.507 e. The predicted molar refractivity (Wildman–Crippen MR) is 218 cm³/mol. The van der Waals surface area contributed by atoms with Crippen molar-refractivity contribution in [2.45, 2.75) is 161 Å². The Kier molecular flexibility index (Phi) is 15.9. The Balaban J connectivity index is 1.71. The van der Waals surface area contributed by atoms with Gasteiger partial charge in [-0.1, -0.05) is 107 Å².